The van der Waals surface area contributed by atoms with Gasteiger partial charge in [-0.3, -0.25) is 4.79 Å². The highest BCUT2D eigenvalue weighted by Crippen LogP contribution is 2.32. The van der Waals surface area contributed by atoms with E-state index in [0.29, 0.717) is 6.54 Å². The molecule has 0 spiro atoms. The van der Waals surface area contributed by atoms with Crippen LogP contribution in [0.5, 0.6) is 0 Å². The van der Waals surface area contributed by atoms with Crippen LogP contribution in [0, 0.1) is 11.8 Å². The van der Waals surface area contributed by atoms with Crippen LogP contribution in [0.4, 0.5) is 5.82 Å². The van der Waals surface area contributed by atoms with Gasteiger partial charge in [-0.2, -0.15) is 5.10 Å². The molecule has 6 nitrogen and oxygen atoms in total. The lowest BCUT2D eigenvalue weighted by molar-refractivity contribution is -0.142. The molecule has 0 saturated heterocycles. The maximum Gasteiger partial charge on any atom is 0.306 e. The van der Waals surface area contributed by atoms with Gasteiger partial charge >= 0.3 is 5.97 Å². The second-order valence-electron chi connectivity index (χ2n) is 4.95. The molecule has 1 fully saturated rings. The minimum Gasteiger partial charge on any atom is -0.481 e. The van der Waals surface area contributed by atoms with Crippen LogP contribution in [0.1, 0.15) is 19.3 Å². The summed E-state index contributed by atoms with van der Waals surface area (Å²) in [7, 11) is 0. The summed E-state index contributed by atoms with van der Waals surface area (Å²) in [6.45, 7) is 0.648. The summed E-state index contributed by atoms with van der Waals surface area (Å²) in [5.74, 6) is 0.0375. The lowest BCUT2D eigenvalue weighted by Gasteiger charge is -2.16. The fourth-order valence-corrected chi connectivity index (χ4v) is 2.83. The molecular formula is C13H16N4O2. The Bertz CT molecular complexity index is 595. The van der Waals surface area contributed by atoms with E-state index in [9.17, 15) is 4.79 Å². The SMILES string of the molecule is O=C(O)C1CCCC1CNc1nccn2nccc12. The number of fused-ring (bicyclic) bond motifs is 1. The maximum atomic E-state index is 11.1. The van der Waals surface area contributed by atoms with E-state index >= 15 is 0 Å². The van der Waals surface area contributed by atoms with Gasteiger partial charge in [0.1, 0.15) is 5.52 Å². The number of anilines is 1. The summed E-state index contributed by atoms with van der Waals surface area (Å²) in [5.41, 5.74) is 0.910. The average molecular weight is 260 g/mol. The third kappa shape index (κ3) is 2.25. The van der Waals surface area contributed by atoms with Gasteiger partial charge in [-0.15, -0.1) is 0 Å². The first kappa shape index (κ1) is 12.0. The van der Waals surface area contributed by atoms with E-state index in [1.54, 1.807) is 23.1 Å². The average Bonchev–Trinajstić information content (AvgIpc) is 3.04. The standard InChI is InChI=1S/C13H16N4O2/c18-13(19)10-3-1-2-9(10)8-15-12-11-4-5-16-17(11)7-6-14-12/h4-7,9-10H,1-3,8H2,(H,14,15)(H,18,19). The summed E-state index contributed by atoms with van der Waals surface area (Å²) in [6.07, 6.45) is 7.94. The van der Waals surface area contributed by atoms with Crippen molar-refractivity contribution >= 4 is 17.3 Å². The Morgan fingerprint density at radius 3 is 3.21 bits per heavy atom. The highest BCUT2D eigenvalue weighted by Gasteiger charge is 2.32. The highest BCUT2D eigenvalue weighted by molar-refractivity contribution is 5.71. The van der Waals surface area contributed by atoms with Crippen molar-refractivity contribution in [3.8, 4) is 0 Å². The number of aliphatic carboxylic acids is 1. The lowest BCUT2D eigenvalue weighted by Crippen LogP contribution is -2.24. The second-order valence-corrected chi connectivity index (χ2v) is 4.95. The van der Waals surface area contributed by atoms with E-state index in [1.807, 2.05) is 6.07 Å². The second kappa shape index (κ2) is 4.87. The van der Waals surface area contributed by atoms with Crippen LogP contribution in [0.3, 0.4) is 0 Å². The largest absolute Gasteiger partial charge is 0.481 e. The van der Waals surface area contributed by atoms with Crippen molar-refractivity contribution in [2.24, 2.45) is 11.8 Å². The molecular weight excluding hydrogens is 244 g/mol. The Morgan fingerprint density at radius 1 is 1.47 bits per heavy atom. The molecule has 100 valence electrons. The van der Waals surface area contributed by atoms with Crippen molar-refractivity contribution in [3.05, 3.63) is 24.7 Å². The van der Waals surface area contributed by atoms with Gasteiger partial charge in [0, 0.05) is 18.9 Å². The molecule has 0 aliphatic heterocycles. The number of hydrogen-bond donors (Lipinski definition) is 2. The predicted octanol–water partition coefficient (Wildman–Crippen LogP) is 1.64. The van der Waals surface area contributed by atoms with Gasteiger partial charge in [-0.25, -0.2) is 9.50 Å². The molecule has 2 aromatic heterocycles. The number of aromatic nitrogens is 3. The lowest BCUT2D eigenvalue weighted by atomic mass is 9.96. The van der Waals surface area contributed by atoms with Gasteiger partial charge in [0.25, 0.3) is 0 Å². The monoisotopic (exact) mass is 260 g/mol. The maximum absolute atomic E-state index is 11.1. The number of nitrogens with one attached hydrogen (secondary N) is 1. The summed E-state index contributed by atoms with van der Waals surface area (Å²) in [6, 6.07) is 1.89. The summed E-state index contributed by atoms with van der Waals surface area (Å²) < 4.78 is 1.75. The summed E-state index contributed by atoms with van der Waals surface area (Å²) in [4.78, 5) is 15.4. The first-order valence-corrected chi connectivity index (χ1v) is 6.51. The number of hydrogen-bond acceptors (Lipinski definition) is 4. The number of rotatable bonds is 4. The molecule has 0 amide bonds. The Hall–Kier alpha value is -2.11. The topological polar surface area (TPSA) is 79.5 Å². The number of carbonyl (C=O) groups is 1. The van der Waals surface area contributed by atoms with Gasteiger partial charge in [0.2, 0.25) is 0 Å². The van der Waals surface area contributed by atoms with E-state index in [-0.39, 0.29) is 11.8 Å². The van der Waals surface area contributed by atoms with Crippen LogP contribution in [-0.2, 0) is 4.79 Å². The molecule has 2 unspecified atom stereocenters. The Labute approximate surface area is 110 Å². The fourth-order valence-electron chi connectivity index (χ4n) is 2.83. The normalized spacial score (nSPS) is 22.7. The smallest absolute Gasteiger partial charge is 0.306 e. The third-order valence-corrected chi connectivity index (χ3v) is 3.83. The highest BCUT2D eigenvalue weighted by atomic mass is 16.4. The van der Waals surface area contributed by atoms with Gasteiger partial charge in [-0.1, -0.05) is 6.42 Å². The van der Waals surface area contributed by atoms with E-state index in [0.717, 1.165) is 30.6 Å². The molecule has 0 radical (unpaired) electrons. The zero-order valence-corrected chi connectivity index (χ0v) is 10.5. The summed E-state index contributed by atoms with van der Waals surface area (Å²) >= 11 is 0. The number of carboxylic acids is 1. The Kier molecular flexibility index (Phi) is 3.06. The van der Waals surface area contributed by atoms with Crippen molar-refractivity contribution < 1.29 is 9.90 Å². The van der Waals surface area contributed by atoms with Crippen molar-refractivity contribution in [2.75, 3.05) is 11.9 Å². The van der Waals surface area contributed by atoms with Gasteiger partial charge in [0.05, 0.1) is 12.1 Å². The first-order valence-electron chi connectivity index (χ1n) is 6.51. The van der Waals surface area contributed by atoms with Crippen molar-refractivity contribution in [1.82, 2.24) is 14.6 Å². The van der Waals surface area contributed by atoms with Crippen molar-refractivity contribution in [3.63, 3.8) is 0 Å². The van der Waals surface area contributed by atoms with Crippen LogP contribution < -0.4 is 5.32 Å². The van der Waals surface area contributed by atoms with Crippen LogP contribution in [-0.4, -0.2) is 32.2 Å². The minimum atomic E-state index is -0.681. The van der Waals surface area contributed by atoms with Crippen LogP contribution in [0.2, 0.25) is 0 Å². The van der Waals surface area contributed by atoms with Gasteiger partial charge < -0.3 is 10.4 Å². The van der Waals surface area contributed by atoms with Crippen LogP contribution >= 0.6 is 0 Å². The molecule has 6 heteroatoms. The van der Waals surface area contributed by atoms with Crippen molar-refractivity contribution in [2.45, 2.75) is 19.3 Å². The molecule has 3 rings (SSSR count). The van der Waals surface area contributed by atoms with Gasteiger partial charge in [0.15, 0.2) is 5.82 Å². The van der Waals surface area contributed by atoms with E-state index in [4.69, 9.17) is 5.11 Å². The predicted molar refractivity (Wildman–Crippen MR) is 69.9 cm³/mol. The molecule has 2 heterocycles. The minimum absolute atomic E-state index is 0.183. The molecule has 2 N–H and O–H groups in total. The zero-order valence-electron chi connectivity index (χ0n) is 10.5. The zero-order chi connectivity index (χ0) is 13.2. The quantitative estimate of drug-likeness (QED) is 0.873. The molecule has 19 heavy (non-hydrogen) atoms. The molecule has 1 aliphatic carbocycles. The third-order valence-electron chi connectivity index (χ3n) is 3.83. The molecule has 2 atom stereocenters. The Balaban J connectivity index is 1.72. The Morgan fingerprint density at radius 2 is 2.37 bits per heavy atom. The molecule has 2 aromatic rings. The fraction of sp³-hybridized carbons (Fsp3) is 0.462. The molecule has 0 bridgehead atoms. The molecule has 1 aliphatic rings. The van der Waals surface area contributed by atoms with Crippen molar-refractivity contribution in [1.29, 1.82) is 0 Å². The van der Waals surface area contributed by atoms with Crippen LogP contribution in [0.25, 0.3) is 5.52 Å². The number of nitrogens with zero attached hydrogens (tertiary/aromatic N) is 3. The summed E-state index contributed by atoms with van der Waals surface area (Å²) in [5, 5.41) is 16.6. The van der Waals surface area contributed by atoms with E-state index in [1.165, 1.54) is 0 Å². The molecule has 0 aromatic carbocycles. The van der Waals surface area contributed by atoms with E-state index < -0.39 is 5.97 Å². The first-order chi connectivity index (χ1) is 9.25. The van der Waals surface area contributed by atoms with Gasteiger partial charge in [-0.05, 0) is 24.8 Å². The van der Waals surface area contributed by atoms with Crippen LogP contribution in [0.15, 0.2) is 24.7 Å². The molecule has 1 saturated carbocycles. The number of carboxylic acid groups (broad SMARTS) is 1. The van der Waals surface area contributed by atoms with E-state index in [2.05, 4.69) is 15.4 Å².